The number of hydrogen-bond acceptors (Lipinski definition) is 9. The normalized spacial score (nSPS) is 20.1. The van der Waals surface area contributed by atoms with Crippen molar-refractivity contribution in [2.75, 3.05) is 25.0 Å². The zero-order valence-corrected chi connectivity index (χ0v) is 29.2. The number of piperidine rings is 2. The zero-order chi connectivity index (χ0) is 35.2. The summed E-state index contributed by atoms with van der Waals surface area (Å²) < 4.78 is 3.27. The number of nitrogens with zero attached hydrogens (tertiary/aromatic N) is 4. The number of imidazole rings is 1. The lowest BCUT2D eigenvalue weighted by Gasteiger charge is -2.46. The molecular formula is C33H48N8O6S. The van der Waals surface area contributed by atoms with E-state index in [2.05, 4.69) is 38.1 Å². The Morgan fingerprint density at radius 3 is 2.65 bits per heavy atom. The smallest absolute Gasteiger partial charge is 0.287 e. The molecule has 0 aliphatic carbocycles. The summed E-state index contributed by atoms with van der Waals surface area (Å²) in [7, 11) is 0. The fourth-order valence-electron chi connectivity index (χ4n) is 6.01. The van der Waals surface area contributed by atoms with Crippen molar-refractivity contribution in [1.82, 2.24) is 34.8 Å². The Hall–Kier alpha value is -4.37. The Kier molecular flexibility index (Phi) is 14.9. The van der Waals surface area contributed by atoms with Crippen LogP contribution in [0.2, 0.25) is 0 Å². The first-order valence-corrected chi connectivity index (χ1v) is 17.3. The fraction of sp³-hybridized carbons (Fsp3) is 0.545. The molecule has 0 radical (unpaired) electrons. The Morgan fingerprint density at radius 2 is 1.96 bits per heavy atom. The van der Waals surface area contributed by atoms with Gasteiger partial charge in [0.2, 0.25) is 18.6 Å². The predicted molar refractivity (Wildman–Crippen MR) is 185 cm³/mol. The van der Waals surface area contributed by atoms with E-state index in [1.807, 2.05) is 27.0 Å². The molecule has 5 rings (SSSR count). The molecular weight excluding hydrogens is 636 g/mol. The van der Waals surface area contributed by atoms with Crippen LogP contribution in [-0.4, -0.2) is 81.1 Å². The number of pyridine rings is 1. The van der Waals surface area contributed by atoms with Gasteiger partial charge in [0.25, 0.3) is 17.4 Å². The Balaban J connectivity index is 0.000000212. The lowest BCUT2D eigenvalue weighted by Crippen LogP contribution is -2.57. The second-order valence-corrected chi connectivity index (χ2v) is 12.9. The monoisotopic (exact) mass is 684 g/mol. The third-order valence-electron chi connectivity index (χ3n) is 8.34. The molecule has 4 amide bonds. The number of carbonyl (C=O) groups is 5. The molecule has 4 N–H and O–H groups in total. The van der Waals surface area contributed by atoms with Crippen LogP contribution in [0, 0.1) is 18.8 Å². The molecule has 0 saturated carbocycles. The van der Waals surface area contributed by atoms with Gasteiger partial charge in [-0.25, -0.2) is 4.98 Å². The third-order valence-corrected chi connectivity index (χ3v) is 9.18. The molecule has 2 fully saturated rings. The number of hydrogen-bond donors (Lipinski definition) is 4. The van der Waals surface area contributed by atoms with Crippen molar-refractivity contribution in [3.63, 3.8) is 0 Å². The molecule has 0 aromatic carbocycles. The molecule has 2 bridgehead atoms. The first kappa shape index (κ1) is 38.1. The van der Waals surface area contributed by atoms with Gasteiger partial charge in [-0.05, 0) is 77.3 Å². The molecule has 262 valence electrons. The number of ketones is 1. The number of nitrogens with one attached hydrogen (secondary N) is 4. The van der Waals surface area contributed by atoms with Gasteiger partial charge in [0.05, 0.1) is 11.9 Å². The first-order chi connectivity index (χ1) is 23.0. The molecule has 3 aromatic rings. The number of anilines is 1. The van der Waals surface area contributed by atoms with Crippen molar-refractivity contribution in [2.24, 2.45) is 11.8 Å². The highest BCUT2D eigenvalue weighted by atomic mass is 32.1. The molecule has 2 aliphatic heterocycles. The molecule has 14 nitrogen and oxygen atoms in total. The number of aryl methyl sites for hydroxylation is 2. The average molecular weight is 685 g/mol. The van der Waals surface area contributed by atoms with E-state index in [0.717, 1.165) is 29.5 Å². The second-order valence-electron chi connectivity index (χ2n) is 12.1. The molecule has 2 aliphatic rings. The van der Waals surface area contributed by atoms with E-state index in [1.165, 1.54) is 41.7 Å². The number of aromatic nitrogens is 3. The molecule has 5 unspecified atom stereocenters. The maximum absolute atomic E-state index is 12.3. The number of likely N-dealkylation sites (N-methyl/N-ethyl adjacent to an activating group) is 1. The number of thiazole rings is 1. The van der Waals surface area contributed by atoms with Gasteiger partial charge in [-0.1, -0.05) is 6.92 Å². The van der Waals surface area contributed by atoms with Crippen LogP contribution in [0.5, 0.6) is 0 Å². The summed E-state index contributed by atoms with van der Waals surface area (Å²) in [4.78, 5) is 74.6. The Labute approximate surface area is 284 Å². The van der Waals surface area contributed by atoms with Crippen LogP contribution in [0.1, 0.15) is 76.0 Å². The molecule has 2 saturated heterocycles. The first-order valence-electron chi connectivity index (χ1n) is 16.4. The predicted octanol–water partition coefficient (Wildman–Crippen LogP) is 2.55. The van der Waals surface area contributed by atoms with E-state index in [-0.39, 0.29) is 23.9 Å². The summed E-state index contributed by atoms with van der Waals surface area (Å²) in [5.74, 6) is 0.250. The molecule has 5 heterocycles. The van der Waals surface area contributed by atoms with E-state index in [0.29, 0.717) is 49.4 Å². The molecule has 5 atom stereocenters. The number of amides is 4. The van der Waals surface area contributed by atoms with Gasteiger partial charge in [0, 0.05) is 56.4 Å². The van der Waals surface area contributed by atoms with Crippen molar-refractivity contribution in [3.8, 4) is 0 Å². The number of carbonyl (C=O) groups excluding carboxylic acids is 5. The summed E-state index contributed by atoms with van der Waals surface area (Å²) in [6, 6.07) is 3.08. The standard InChI is InChI=1S/C15H20N4O3S.C10H18N2O.C8H10N2O2/c1-4-16-14(22)12(20)6-5-9(2)17-13(21)11-8-23-15-18-10(3)7-19(11)15;1-8-5-9-3-2-4-12(6-9)10(8)11-7-13;1-2-10-5-3-4-7(8(10)12)9-6-11/h7-9H,4-6H2,1-3H3,(H,16,22)(H,17,21);7-10H,2-6H2,1H3,(H,11,13);3-6H,2H2,1H3,(H,9,11). The van der Waals surface area contributed by atoms with Crippen LogP contribution < -0.4 is 26.8 Å². The maximum atomic E-state index is 12.3. The lowest BCUT2D eigenvalue weighted by molar-refractivity contribution is -0.137. The van der Waals surface area contributed by atoms with Crippen LogP contribution >= 0.6 is 11.3 Å². The number of rotatable bonds is 12. The van der Waals surface area contributed by atoms with Crippen LogP contribution in [0.25, 0.3) is 4.96 Å². The minimum absolute atomic E-state index is 0.108. The SMILES string of the molecule is CC1CC2CCCN(C2)C1NC=O.CCNC(=O)C(=O)CCC(C)NC(=O)c1csc2nc(C)cn12.CCn1cccc(NC=O)c1=O. The van der Waals surface area contributed by atoms with E-state index in [1.54, 1.807) is 35.0 Å². The Bertz CT molecular complexity index is 1600. The van der Waals surface area contributed by atoms with Gasteiger partial charge < -0.3 is 25.8 Å². The highest BCUT2D eigenvalue weighted by Gasteiger charge is 2.35. The summed E-state index contributed by atoms with van der Waals surface area (Å²) in [5, 5.41) is 12.3. The van der Waals surface area contributed by atoms with Gasteiger partial charge in [0.1, 0.15) is 11.4 Å². The van der Waals surface area contributed by atoms with E-state index < -0.39 is 11.7 Å². The highest BCUT2D eigenvalue weighted by molar-refractivity contribution is 7.15. The second kappa shape index (κ2) is 18.8. The Morgan fingerprint density at radius 1 is 1.19 bits per heavy atom. The third kappa shape index (κ3) is 10.6. The van der Waals surface area contributed by atoms with Crippen molar-refractivity contribution in [2.45, 2.75) is 85.5 Å². The van der Waals surface area contributed by atoms with Crippen molar-refractivity contribution < 1.29 is 24.0 Å². The van der Waals surface area contributed by atoms with Crippen LogP contribution in [-0.2, 0) is 25.7 Å². The maximum Gasteiger partial charge on any atom is 0.287 e. The van der Waals surface area contributed by atoms with E-state index in [9.17, 15) is 28.8 Å². The van der Waals surface area contributed by atoms with Crippen LogP contribution in [0.15, 0.2) is 34.7 Å². The molecule has 15 heteroatoms. The summed E-state index contributed by atoms with van der Waals surface area (Å²) in [5.41, 5.74) is 1.51. The average Bonchev–Trinajstić information content (AvgIpc) is 3.63. The van der Waals surface area contributed by atoms with Crippen LogP contribution in [0.4, 0.5) is 5.69 Å². The van der Waals surface area contributed by atoms with Gasteiger partial charge in [-0.3, -0.25) is 38.1 Å². The quantitative estimate of drug-likeness (QED) is 0.166. The summed E-state index contributed by atoms with van der Waals surface area (Å²) >= 11 is 1.40. The van der Waals surface area contributed by atoms with Gasteiger partial charge in [-0.15, -0.1) is 11.3 Å². The fourth-order valence-corrected chi connectivity index (χ4v) is 6.90. The minimum Gasteiger partial charge on any atom is -0.350 e. The van der Waals surface area contributed by atoms with Crippen LogP contribution in [0.3, 0.4) is 0 Å². The van der Waals surface area contributed by atoms with Gasteiger partial charge in [0.15, 0.2) is 4.96 Å². The largest absolute Gasteiger partial charge is 0.350 e. The zero-order valence-electron chi connectivity index (χ0n) is 28.4. The van der Waals surface area contributed by atoms with E-state index in [4.69, 9.17) is 0 Å². The van der Waals surface area contributed by atoms with Gasteiger partial charge in [-0.2, -0.15) is 0 Å². The van der Waals surface area contributed by atoms with Crippen molar-refractivity contribution in [3.05, 3.63) is 51.6 Å². The lowest BCUT2D eigenvalue weighted by atomic mass is 9.82. The van der Waals surface area contributed by atoms with E-state index >= 15 is 0 Å². The van der Waals surface area contributed by atoms with Gasteiger partial charge >= 0.3 is 0 Å². The summed E-state index contributed by atoms with van der Waals surface area (Å²) in [6.07, 6.45) is 9.61. The number of Topliss-reactive ketones (excluding diaryl/α,β-unsaturated/α-hetero) is 1. The molecule has 0 spiro atoms. The van der Waals surface area contributed by atoms with Crippen molar-refractivity contribution in [1.29, 1.82) is 0 Å². The number of fused-ring (bicyclic) bond motifs is 3. The molecule has 3 aromatic heterocycles. The molecule has 48 heavy (non-hydrogen) atoms. The minimum atomic E-state index is -0.570. The summed E-state index contributed by atoms with van der Waals surface area (Å²) in [6.45, 7) is 12.9. The highest BCUT2D eigenvalue weighted by Crippen LogP contribution is 2.32. The topological polar surface area (TPSA) is 176 Å². The van der Waals surface area contributed by atoms with Crippen molar-refractivity contribution >= 4 is 52.4 Å².